The van der Waals surface area contributed by atoms with Crippen molar-refractivity contribution < 1.29 is 4.79 Å². The van der Waals surface area contributed by atoms with Crippen LogP contribution in [0.4, 0.5) is 0 Å². The van der Waals surface area contributed by atoms with Gasteiger partial charge in [0.25, 0.3) is 0 Å². The molecule has 0 radical (unpaired) electrons. The molecule has 0 unspecified atom stereocenters. The standard InChI is InChI=1S/C10H23N.C3H6O/c1-2-3-4-5-6-7-8-9-10-11;1-3(2)4/h2-11H2,1H3;1-2H3. The van der Waals surface area contributed by atoms with Gasteiger partial charge in [-0.3, -0.25) is 0 Å². The average Bonchev–Trinajstić information content (AvgIpc) is 2.16. The van der Waals surface area contributed by atoms with E-state index in [0.29, 0.717) is 0 Å². The summed E-state index contributed by atoms with van der Waals surface area (Å²) in [5, 5.41) is 0. The Morgan fingerprint density at radius 1 is 0.867 bits per heavy atom. The Labute approximate surface area is 95.6 Å². The van der Waals surface area contributed by atoms with Crippen LogP contribution in [0.2, 0.25) is 0 Å². The first-order chi connectivity index (χ1) is 7.15. The minimum atomic E-state index is 0.167. The summed E-state index contributed by atoms with van der Waals surface area (Å²) in [4.78, 5) is 9.44. The van der Waals surface area contributed by atoms with Gasteiger partial charge in [-0.25, -0.2) is 0 Å². The molecule has 0 aliphatic rings. The Balaban J connectivity index is 0. The average molecular weight is 215 g/mol. The van der Waals surface area contributed by atoms with Crippen LogP contribution in [0.1, 0.15) is 72.1 Å². The fourth-order valence-corrected chi connectivity index (χ4v) is 1.28. The van der Waals surface area contributed by atoms with Crippen LogP contribution in [-0.2, 0) is 4.79 Å². The van der Waals surface area contributed by atoms with Crippen LogP contribution in [0.15, 0.2) is 0 Å². The topological polar surface area (TPSA) is 43.1 Å². The molecule has 92 valence electrons. The molecule has 0 saturated heterocycles. The molecule has 0 amide bonds. The fourth-order valence-electron chi connectivity index (χ4n) is 1.28. The van der Waals surface area contributed by atoms with Gasteiger partial charge < -0.3 is 10.5 Å². The molecule has 0 bridgehead atoms. The zero-order valence-corrected chi connectivity index (χ0v) is 10.8. The molecule has 0 fully saturated rings. The van der Waals surface area contributed by atoms with E-state index in [1.165, 1.54) is 65.2 Å². The maximum atomic E-state index is 9.44. The Morgan fingerprint density at radius 2 is 1.20 bits per heavy atom. The van der Waals surface area contributed by atoms with Gasteiger partial charge in [0.15, 0.2) is 0 Å². The summed E-state index contributed by atoms with van der Waals surface area (Å²) in [5.41, 5.74) is 5.39. The lowest BCUT2D eigenvalue weighted by atomic mass is 10.1. The van der Waals surface area contributed by atoms with Gasteiger partial charge in [-0.15, -0.1) is 0 Å². The number of carbonyl (C=O) groups excluding carboxylic acids is 1. The highest BCUT2D eigenvalue weighted by atomic mass is 16.1. The fraction of sp³-hybridized carbons (Fsp3) is 0.923. The Bertz CT molecular complexity index is 112. The van der Waals surface area contributed by atoms with E-state index in [4.69, 9.17) is 5.73 Å². The summed E-state index contributed by atoms with van der Waals surface area (Å²) >= 11 is 0. The van der Waals surface area contributed by atoms with E-state index in [9.17, 15) is 4.79 Å². The molecule has 0 saturated carbocycles. The van der Waals surface area contributed by atoms with Crippen LogP contribution in [0.3, 0.4) is 0 Å². The molecule has 0 aliphatic heterocycles. The first-order valence-electron chi connectivity index (χ1n) is 6.32. The summed E-state index contributed by atoms with van der Waals surface area (Å²) < 4.78 is 0. The van der Waals surface area contributed by atoms with Crippen LogP contribution in [0, 0.1) is 0 Å². The number of ketones is 1. The summed E-state index contributed by atoms with van der Waals surface area (Å²) in [6, 6.07) is 0. The second kappa shape index (κ2) is 16.1. The van der Waals surface area contributed by atoms with E-state index in [1.807, 2.05) is 0 Å². The normalized spacial score (nSPS) is 9.33. The van der Waals surface area contributed by atoms with Gasteiger partial charge >= 0.3 is 0 Å². The van der Waals surface area contributed by atoms with Crippen LogP contribution in [0.25, 0.3) is 0 Å². The summed E-state index contributed by atoms with van der Waals surface area (Å²) in [7, 11) is 0. The van der Waals surface area contributed by atoms with Crippen molar-refractivity contribution in [3.8, 4) is 0 Å². The van der Waals surface area contributed by atoms with Crippen molar-refractivity contribution in [3.05, 3.63) is 0 Å². The number of nitrogens with two attached hydrogens (primary N) is 1. The van der Waals surface area contributed by atoms with Crippen LogP contribution >= 0.6 is 0 Å². The molecular weight excluding hydrogens is 186 g/mol. The van der Waals surface area contributed by atoms with Crippen molar-refractivity contribution in [1.29, 1.82) is 0 Å². The van der Waals surface area contributed by atoms with Crippen molar-refractivity contribution in [2.45, 2.75) is 72.1 Å². The molecule has 15 heavy (non-hydrogen) atoms. The van der Waals surface area contributed by atoms with Crippen molar-refractivity contribution >= 4 is 5.78 Å². The highest BCUT2D eigenvalue weighted by molar-refractivity contribution is 5.72. The van der Waals surface area contributed by atoms with Gasteiger partial charge in [0, 0.05) is 0 Å². The van der Waals surface area contributed by atoms with Gasteiger partial charge in [0.05, 0.1) is 0 Å². The summed E-state index contributed by atoms with van der Waals surface area (Å²) in [5.74, 6) is 0.167. The van der Waals surface area contributed by atoms with Gasteiger partial charge in [-0.1, -0.05) is 51.9 Å². The lowest BCUT2D eigenvalue weighted by molar-refractivity contribution is -0.114. The third kappa shape index (κ3) is 31.7. The molecule has 2 heteroatoms. The molecule has 0 atom stereocenters. The van der Waals surface area contributed by atoms with E-state index >= 15 is 0 Å². The minimum Gasteiger partial charge on any atom is -0.330 e. The van der Waals surface area contributed by atoms with E-state index in [-0.39, 0.29) is 5.78 Å². The molecule has 0 aromatic rings. The van der Waals surface area contributed by atoms with Gasteiger partial charge in [0.1, 0.15) is 5.78 Å². The molecule has 0 aromatic heterocycles. The number of carbonyl (C=O) groups is 1. The van der Waals surface area contributed by atoms with Crippen LogP contribution < -0.4 is 5.73 Å². The summed E-state index contributed by atoms with van der Waals surface area (Å²) in [6.07, 6.45) is 11.0. The smallest absolute Gasteiger partial charge is 0.126 e. The van der Waals surface area contributed by atoms with Gasteiger partial charge in [0.2, 0.25) is 0 Å². The quantitative estimate of drug-likeness (QED) is 0.628. The number of Topliss-reactive ketones (excluding diaryl/α,β-unsaturated/α-hetero) is 1. The number of unbranched alkanes of at least 4 members (excludes halogenated alkanes) is 7. The maximum Gasteiger partial charge on any atom is 0.126 e. The molecule has 0 aliphatic carbocycles. The van der Waals surface area contributed by atoms with Gasteiger partial charge in [-0.2, -0.15) is 0 Å². The monoisotopic (exact) mass is 215 g/mol. The predicted molar refractivity (Wildman–Crippen MR) is 68.0 cm³/mol. The molecule has 0 rings (SSSR count). The zero-order chi connectivity index (χ0) is 11.9. The minimum absolute atomic E-state index is 0.167. The second-order valence-electron chi connectivity index (χ2n) is 4.17. The lowest BCUT2D eigenvalue weighted by Gasteiger charge is -1.99. The Morgan fingerprint density at radius 3 is 1.53 bits per heavy atom. The first-order valence-corrected chi connectivity index (χ1v) is 6.32. The van der Waals surface area contributed by atoms with Crippen LogP contribution in [0.5, 0.6) is 0 Å². The van der Waals surface area contributed by atoms with Crippen molar-refractivity contribution in [3.63, 3.8) is 0 Å². The molecule has 0 aromatic carbocycles. The highest BCUT2D eigenvalue weighted by Crippen LogP contribution is 2.07. The largest absolute Gasteiger partial charge is 0.330 e. The second-order valence-corrected chi connectivity index (χ2v) is 4.17. The van der Waals surface area contributed by atoms with Crippen molar-refractivity contribution in [1.82, 2.24) is 0 Å². The summed E-state index contributed by atoms with van der Waals surface area (Å²) in [6.45, 7) is 6.18. The molecule has 2 nitrogen and oxygen atoms in total. The number of hydrogen-bond donors (Lipinski definition) is 1. The third-order valence-corrected chi connectivity index (χ3v) is 2.06. The lowest BCUT2D eigenvalue weighted by Crippen LogP contribution is -1.97. The van der Waals surface area contributed by atoms with E-state index in [1.54, 1.807) is 0 Å². The van der Waals surface area contributed by atoms with E-state index in [2.05, 4.69) is 6.92 Å². The van der Waals surface area contributed by atoms with Crippen molar-refractivity contribution in [2.24, 2.45) is 5.73 Å². The van der Waals surface area contributed by atoms with E-state index < -0.39 is 0 Å². The van der Waals surface area contributed by atoms with E-state index in [0.717, 1.165) is 6.54 Å². The number of rotatable bonds is 8. The Hall–Kier alpha value is -0.370. The highest BCUT2D eigenvalue weighted by Gasteiger charge is 1.89. The number of hydrogen-bond acceptors (Lipinski definition) is 2. The maximum absolute atomic E-state index is 9.44. The van der Waals surface area contributed by atoms with Gasteiger partial charge in [-0.05, 0) is 26.8 Å². The first kappa shape index (κ1) is 17.0. The zero-order valence-electron chi connectivity index (χ0n) is 10.8. The van der Waals surface area contributed by atoms with Crippen LogP contribution in [-0.4, -0.2) is 12.3 Å². The molecule has 0 spiro atoms. The molecule has 2 N–H and O–H groups in total. The molecule has 0 heterocycles. The van der Waals surface area contributed by atoms with Crippen molar-refractivity contribution in [2.75, 3.05) is 6.54 Å². The Kier molecular flexibility index (Phi) is 18.3. The molecular formula is C13H29NO. The predicted octanol–water partition coefficient (Wildman–Crippen LogP) is 3.68. The SMILES string of the molecule is CC(C)=O.CCCCCCCCCCN. The third-order valence-electron chi connectivity index (χ3n) is 2.06.